The molecule has 4 aromatic rings. The lowest BCUT2D eigenvalue weighted by Crippen LogP contribution is -1.99. The van der Waals surface area contributed by atoms with Crippen molar-refractivity contribution < 1.29 is 14.6 Å². The highest BCUT2D eigenvalue weighted by molar-refractivity contribution is 7.20. The van der Waals surface area contributed by atoms with Gasteiger partial charge in [-0.05, 0) is 35.9 Å². The number of fused-ring (bicyclic) bond motifs is 1. The second kappa shape index (κ2) is 7.48. The first-order valence-corrected chi connectivity index (χ1v) is 9.29. The SMILES string of the molecule is O=C(O)/C(=C\c1sc2ccccc2c1Oc1ccccc1)c1ccccc1. The largest absolute Gasteiger partial charge is 0.478 e. The van der Waals surface area contributed by atoms with Crippen LogP contribution >= 0.6 is 11.3 Å². The fourth-order valence-electron chi connectivity index (χ4n) is 2.86. The molecule has 0 fully saturated rings. The van der Waals surface area contributed by atoms with Crippen molar-refractivity contribution in [2.24, 2.45) is 0 Å². The molecule has 1 heterocycles. The van der Waals surface area contributed by atoms with Gasteiger partial charge in [-0.15, -0.1) is 11.3 Å². The second-order valence-corrected chi connectivity index (χ2v) is 7.02. The highest BCUT2D eigenvalue weighted by atomic mass is 32.1. The fraction of sp³-hybridized carbons (Fsp3) is 0. The van der Waals surface area contributed by atoms with Crippen molar-refractivity contribution in [1.82, 2.24) is 0 Å². The van der Waals surface area contributed by atoms with Gasteiger partial charge in [-0.3, -0.25) is 0 Å². The Morgan fingerprint density at radius 3 is 2.19 bits per heavy atom. The number of carboxylic acid groups (broad SMARTS) is 1. The summed E-state index contributed by atoms with van der Waals surface area (Å²) in [4.78, 5) is 12.7. The third-order valence-electron chi connectivity index (χ3n) is 4.13. The minimum absolute atomic E-state index is 0.236. The number of carboxylic acids is 1. The van der Waals surface area contributed by atoms with Crippen molar-refractivity contribution in [2.45, 2.75) is 0 Å². The van der Waals surface area contributed by atoms with Crippen molar-refractivity contribution >= 4 is 39.0 Å². The van der Waals surface area contributed by atoms with E-state index in [1.54, 1.807) is 18.2 Å². The van der Waals surface area contributed by atoms with Gasteiger partial charge in [0.15, 0.2) is 5.75 Å². The van der Waals surface area contributed by atoms with E-state index in [4.69, 9.17) is 4.74 Å². The zero-order chi connectivity index (χ0) is 18.6. The van der Waals surface area contributed by atoms with Gasteiger partial charge in [0.25, 0.3) is 0 Å². The highest BCUT2D eigenvalue weighted by Crippen LogP contribution is 2.42. The number of carbonyl (C=O) groups is 1. The molecule has 0 atom stereocenters. The maximum atomic E-state index is 11.9. The van der Waals surface area contributed by atoms with Gasteiger partial charge < -0.3 is 9.84 Å². The van der Waals surface area contributed by atoms with Gasteiger partial charge in [0.2, 0.25) is 0 Å². The summed E-state index contributed by atoms with van der Waals surface area (Å²) in [6.07, 6.45) is 1.70. The lowest BCUT2D eigenvalue weighted by molar-refractivity contribution is -0.130. The molecule has 3 nitrogen and oxygen atoms in total. The van der Waals surface area contributed by atoms with E-state index in [1.807, 2.05) is 72.8 Å². The monoisotopic (exact) mass is 372 g/mol. The average molecular weight is 372 g/mol. The number of ether oxygens (including phenoxy) is 1. The van der Waals surface area contributed by atoms with Crippen LogP contribution in [0.3, 0.4) is 0 Å². The summed E-state index contributed by atoms with van der Waals surface area (Å²) >= 11 is 1.52. The predicted molar refractivity (Wildman–Crippen MR) is 110 cm³/mol. The molecule has 4 rings (SSSR count). The van der Waals surface area contributed by atoms with Gasteiger partial charge in [-0.2, -0.15) is 0 Å². The lowest BCUT2D eigenvalue weighted by atomic mass is 10.1. The van der Waals surface area contributed by atoms with Gasteiger partial charge in [0, 0.05) is 10.1 Å². The van der Waals surface area contributed by atoms with Crippen LogP contribution in [0.25, 0.3) is 21.7 Å². The standard InChI is InChI=1S/C23H16O3S/c24-23(25)19(16-9-3-1-4-10-16)15-21-22(26-17-11-5-2-6-12-17)18-13-7-8-14-20(18)27-21/h1-15H,(H,24,25)/b19-15-. The molecule has 0 aliphatic rings. The van der Waals surface area contributed by atoms with Crippen molar-refractivity contribution in [3.8, 4) is 11.5 Å². The summed E-state index contributed by atoms with van der Waals surface area (Å²) < 4.78 is 7.20. The van der Waals surface area contributed by atoms with Crippen LogP contribution in [0, 0.1) is 0 Å². The van der Waals surface area contributed by atoms with Crippen LogP contribution in [-0.4, -0.2) is 11.1 Å². The van der Waals surface area contributed by atoms with Crippen LogP contribution in [0.1, 0.15) is 10.4 Å². The molecule has 0 aliphatic heterocycles. The Morgan fingerprint density at radius 1 is 0.852 bits per heavy atom. The molecule has 0 spiro atoms. The molecule has 0 unspecified atom stereocenters. The molecule has 4 heteroatoms. The quantitative estimate of drug-likeness (QED) is 0.417. The average Bonchev–Trinajstić information content (AvgIpc) is 3.05. The number of rotatable bonds is 5. The normalized spacial score (nSPS) is 11.5. The first-order chi connectivity index (χ1) is 13.2. The van der Waals surface area contributed by atoms with Crippen LogP contribution in [0.4, 0.5) is 0 Å². The zero-order valence-corrected chi connectivity index (χ0v) is 15.1. The Kier molecular flexibility index (Phi) is 4.73. The van der Waals surface area contributed by atoms with E-state index < -0.39 is 5.97 Å². The summed E-state index contributed by atoms with van der Waals surface area (Å²) in [5, 5.41) is 10.7. The number of benzene rings is 3. The first-order valence-electron chi connectivity index (χ1n) is 8.47. The topological polar surface area (TPSA) is 46.5 Å². The molecule has 132 valence electrons. The van der Waals surface area contributed by atoms with Crippen LogP contribution in [0.15, 0.2) is 84.9 Å². The Labute approximate surface area is 160 Å². The number of aliphatic carboxylic acids is 1. The fourth-order valence-corrected chi connectivity index (χ4v) is 3.94. The summed E-state index contributed by atoms with van der Waals surface area (Å²) in [6.45, 7) is 0. The van der Waals surface area contributed by atoms with Gasteiger partial charge in [0.1, 0.15) is 5.75 Å². The summed E-state index contributed by atoms with van der Waals surface area (Å²) in [6, 6.07) is 26.6. The first kappa shape index (κ1) is 17.1. The summed E-state index contributed by atoms with van der Waals surface area (Å²) in [5.41, 5.74) is 0.896. The molecule has 27 heavy (non-hydrogen) atoms. The van der Waals surface area contributed by atoms with Crippen LogP contribution in [0.2, 0.25) is 0 Å². The van der Waals surface area contributed by atoms with E-state index in [9.17, 15) is 9.90 Å². The van der Waals surface area contributed by atoms with Crippen molar-refractivity contribution in [3.63, 3.8) is 0 Å². The van der Waals surface area contributed by atoms with Gasteiger partial charge in [-0.25, -0.2) is 4.79 Å². The number of para-hydroxylation sites is 1. The number of hydrogen-bond donors (Lipinski definition) is 1. The lowest BCUT2D eigenvalue weighted by Gasteiger charge is -2.07. The molecule has 0 amide bonds. The van der Waals surface area contributed by atoms with Crippen molar-refractivity contribution in [1.29, 1.82) is 0 Å². The minimum Gasteiger partial charge on any atom is -0.478 e. The van der Waals surface area contributed by atoms with E-state index >= 15 is 0 Å². The van der Waals surface area contributed by atoms with Gasteiger partial charge >= 0.3 is 5.97 Å². The zero-order valence-electron chi connectivity index (χ0n) is 14.3. The molecule has 0 aliphatic carbocycles. The maximum absolute atomic E-state index is 11.9. The minimum atomic E-state index is -0.968. The van der Waals surface area contributed by atoms with Crippen LogP contribution < -0.4 is 4.74 Å². The molecular formula is C23H16O3S. The summed E-state index contributed by atoms with van der Waals surface area (Å²) in [7, 11) is 0. The van der Waals surface area contributed by atoms with E-state index in [1.165, 1.54) is 11.3 Å². The third kappa shape index (κ3) is 3.61. The second-order valence-electron chi connectivity index (χ2n) is 5.94. The molecule has 1 N–H and O–H groups in total. The van der Waals surface area contributed by atoms with Crippen LogP contribution in [-0.2, 0) is 4.79 Å². The molecule has 3 aromatic carbocycles. The van der Waals surface area contributed by atoms with Gasteiger partial charge in [-0.1, -0.05) is 60.7 Å². The summed E-state index contributed by atoms with van der Waals surface area (Å²) in [5.74, 6) is 0.424. The molecule has 1 aromatic heterocycles. The molecule has 0 bridgehead atoms. The van der Waals surface area contributed by atoms with Crippen molar-refractivity contribution in [3.05, 3.63) is 95.4 Å². The smallest absolute Gasteiger partial charge is 0.336 e. The van der Waals surface area contributed by atoms with E-state index in [0.717, 1.165) is 15.0 Å². The van der Waals surface area contributed by atoms with Gasteiger partial charge in [0.05, 0.1) is 10.5 Å². The Bertz CT molecular complexity index is 1110. The molecule has 0 radical (unpaired) electrons. The maximum Gasteiger partial charge on any atom is 0.336 e. The van der Waals surface area contributed by atoms with Crippen LogP contribution in [0.5, 0.6) is 11.5 Å². The highest BCUT2D eigenvalue weighted by Gasteiger charge is 2.17. The Hall–Kier alpha value is -3.37. The number of thiophene rings is 1. The van der Waals surface area contributed by atoms with E-state index in [2.05, 4.69) is 0 Å². The third-order valence-corrected chi connectivity index (χ3v) is 5.23. The van der Waals surface area contributed by atoms with E-state index in [-0.39, 0.29) is 5.57 Å². The number of hydrogen-bond acceptors (Lipinski definition) is 3. The predicted octanol–water partition coefficient (Wildman–Crippen LogP) is 6.32. The van der Waals surface area contributed by atoms with Crippen molar-refractivity contribution in [2.75, 3.05) is 0 Å². The van der Waals surface area contributed by atoms with E-state index in [0.29, 0.717) is 17.1 Å². The molecular weight excluding hydrogens is 356 g/mol. The molecule has 0 saturated heterocycles. The molecule has 0 saturated carbocycles. The Morgan fingerprint density at radius 2 is 1.48 bits per heavy atom. The Balaban J connectivity index is 1.88.